The highest BCUT2D eigenvalue weighted by atomic mass is 16.6. The number of rotatable bonds is 8. The molecule has 6 heteroatoms. The van der Waals surface area contributed by atoms with E-state index in [9.17, 15) is 9.59 Å². The molecule has 0 fully saturated rings. The van der Waals surface area contributed by atoms with Gasteiger partial charge in [0.2, 0.25) is 0 Å². The van der Waals surface area contributed by atoms with Crippen molar-refractivity contribution in [3.63, 3.8) is 0 Å². The summed E-state index contributed by atoms with van der Waals surface area (Å²) in [5, 5.41) is 2.86. The van der Waals surface area contributed by atoms with E-state index in [-0.39, 0.29) is 12.5 Å². The van der Waals surface area contributed by atoms with E-state index in [4.69, 9.17) is 4.74 Å². The quantitative estimate of drug-likeness (QED) is 0.735. The van der Waals surface area contributed by atoms with Crippen LogP contribution in [0.4, 0.5) is 11.4 Å². The lowest BCUT2D eigenvalue weighted by atomic mass is 10.2. The van der Waals surface area contributed by atoms with E-state index in [1.807, 2.05) is 24.3 Å². The lowest BCUT2D eigenvalue weighted by Crippen LogP contribution is -2.21. The first-order valence-electron chi connectivity index (χ1n) is 8.53. The second-order valence-electron chi connectivity index (χ2n) is 5.57. The van der Waals surface area contributed by atoms with Crippen molar-refractivity contribution in [1.82, 2.24) is 0 Å². The van der Waals surface area contributed by atoms with Crippen molar-refractivity contribution >= 4 is 23.3 Å². The van der Waals surface area contributed by atoms with Gasteiger partial charge in [0.1, 0.15) is 5.75 Å². The molecule has 0 atom stereocenters. The average molecular weight is 356 g/mol. The van der Waals surface area contributed by atoms with Gasteiger partial charge in [-0.1, -0.05) is 6.07 Å². The number of hydrogen-bond donors (Lipinski definition) is 1. The second-order valence-corrected chi connectivity index (χ2v) is 5.57. The summed E-state index contributed by atoms with van der Waals surface area (Å²) in [6.45, 7) is 5.87. The summed E-state index contributed by atoms with van der Waals surface area (Å²) in [6.07, 6.45) is 0. The van der Waals surface area contributed by atoms with Crippen LogP contribution in [-0.2, 0) is 9.53 Å². The lowest BCUT2D eigenvalue weighted by molar-refractivity contribution is -0.142. The van der Waals surface area contributed by atoms with Crippen LogP contribution in [0.25, 0.3) is 0 Å². The highest BCUT2D eigenvalue weighted by molar-refractivity contribution is 6.04. The molecule has 0 spiro atoms. The molecule has 2 rings (SSSR count). The Bertz CT molecular complexity index is 740. The maximum absolute atomic E-state index is 12.4. The number of esters is 1. The van der Waals surface area contributed by atoms with E-state index in [0.717, 1.165) is 18.8 Å². The van der Waals surface area contributed by atoms with E-state index < -0.39 is 5.97 Å². The van der Waals surface area contributed by atoms with Crippen molar-refractivity contribution < 1.29 is 19.1 Å². The van der Waals surface area contributed by atoms with Gasteiger partial charge in [-0.25, -0.2) is 4.79 Å². The number of carbonyl (C=O) groups is 2. The van der Waals surface area contributed by atoms with E-state index >= 15 is 0 Å². The number of ether oxygens (including phenoxy) is 2. The standard InChI is InChI=1S/C20H24N2O4/c1-4-22(5-2)17-11-9-16(10-12-17)21-20(24)15-7-6-8-18(13-15)26-14-19(23)25-3/h6-13H,4-5,14H2,1-3H3,(H,21,24). The predicted octanol–water partition coefficient (Wildman–Crippen LogP) is 3.34. The topological polar surface area (TPSA) is 67.9 Å². The van der Waals surface area contributed by atoms with Crippen molar-refractivity contribution in [2.24, 2.45) is 0 Å². The van der Waals surface area contributed by atoms with Gasteiger partial charge in [-0.15, -0.1) is 0 Å². The minimum Gasteiger partial charge on any atom is -0.482 e. The van der Waals surface area contributed by atoms with Crippen LogP contribution in [0.1, 0.15) is 24.2 Å². The van der Waals surface area contributed by atoms with Crippen LogP contribution in [-0.4, -0.2) is 38.7 Å². The Hall–Kier alpha value is -3.02. The van der Waals surface area contributed by atoms with Crippen molar-refractivity contribution in [2.45, 2.75) is 13.8 Å². The summed E-state index contributed by atoms with van der Waals surface area (Å²) in [7, 11) is 1.29. The third-order valence-electron chi connectivity index (χ3n) is 3.93. The first kappa shape index (κ1) is 19.3. The molecule has 0 unspecified atom stereocenters. The van der Waals surface area contributed by atoms with E-state index in [2.05, 4.69) is 28.8 Å². The molecular formula is C20H24N2O4. The number of nitrogens with one attached hydrogen (secondary N) is 1. The van der Waals surface area contributed by atoms with Crippen LogP contribution in [0.5, 0.6) is 5.75 Å². The molecule has 0 aromatic heterocycles. The van der Waals surface area contributed by atoms with Gasteiger partial charge in [0, 0.05) is 30.0 Å². The van der Waals surface area contributed by atoms with Gasteiger partial charge in [0.25, 0.3) is 5.91 Å². The summed E-state index contributed by atoms with van der Waals surface area (Å²) in [5.41, 5.74) is 2.28. The lowest BCUT2D eigenvalue weighted by Gasteiger charge is -2.21. The number of methoxy groups -OCH3 is 1. The number of anilines is 2. The summed E-state index contributed by atoms with van der Waals surface area (Å²) in [4.78, 5) is 25.8. The molecule has 0 bridgehead atoms. The Morgan fingerprint density at radius 3 is 2.35 bits per heavy atom. The fraction of sp³-hybridized carbons (Fsp3) is 0.300. The van der Waals surface area contributed by atoms with E-state index in [0.29, 0.717) is 17.0 Å². The van der Waals surface area contributed by atoms with Gasteiger partial charge in [-0.05, 0) is 56.3 Å². The minimum absolute atomic E-state index is 0.200. The third kappa shape index (κ3) is 5.24. The van der Waals surface area contributed by atoms with Crippen molar-refractivity contribution in [1.29, 1.82) is 0 Å². The van der Waals surface area contributed by atoms with Gasteiger partial charge in [-0.2, -0.15) is 0 Å². The number of amides is 1. The molecule has 1 amide bonds. The molecule has 1 N–H and O–H groups in total. The Balaban J connectivity index is 2.02. The maximum atomic E-state index is 12.4. The monoisotopic (exact) mass is 356 g/mol. The van der Waals surface area contributed by atoms with Gasteiger partial charge in [0.15, 0.2) is 6.61 Å². The molecule has 0 saturated carbocycles. The molecule has 0 radical (unpaired) electrons. The Morgan fingerprint density at radius 2 is 1.73 bits per heavy atom. The van der Waals surface area contributed by atoms with Crippen molar-refractivity contribution in [2.75, 3.05) is 37.0 Å². The predicted molar refractivity (Wildman–Crippen MR) is 102 cm³/mol. The van der Waals surface area contributed by atoms with Crippen LogP contribution in [0.3, 0.4) is 0 Å². The molecule has 6 nitrogen and oxygen atoms in total. The van der Waals surface area contributed by atoms with Crippen LogP contribution in [0.2, 0.25) is 0 Å². The Morgan fingerprint density at radius 1 is 1.04 bits per heavy atom. The highest BCUT2D eigenvalue weighted by Gasteiger charge is 2.09. The molecule has 2 aromatic carbocycles. The fourth-order valence-electron chi connectivity index (χ4n) is 2.48. The van der Waals surface area contributed by atoms with Gasteiger partial charge < -0.3 is 19.7 Å². The molecule has 2 aromatic rings. The van der Waals surface area contributed by atoms with E-state index in [1.54, 1.807) is 24.3 Å². The Labute approximate surface area is 153 Å². The largest absolute Gasteiger partial charge is 0.482 e. The molecular weight excluding hydrogens is 332 g/mol. The Kier molecular flexibility index (Phi) is 7.02. The van der Waals surface area contributed by atoms with Gasteiger partial charge in [-0.3, -0.25) is 4.79 Å². The molecule has 138 valence electrons. The average Bonchev–Trinajstić information content (AvgIpc) is 2.68. The first-order chi connectivity index (χ1) is 12.6. The summed E-state index contributed by atoms with van der Waals surface area (Å²) >= 11 is 0. The highest BCUT2D eigenvalue weighted by Crippen LogP contribution is 2.19. The van der Waals surface area contributed by atoms with E-state index in [1.165, 1.54) is 7.11 Å². The zero-order chi connectivity index (χ0) is 18.9. The van der Waals surface area contributed by atoms with Crippen molar-refractivity contribution in [3.8, 4) is 5.75 Å². The summed E-state index contributed by atoms with van der Waals surface area (Å²) < 4.78 is 9.83. The summed E-state index contributed by atoms with van der Waals surface area (Å²) in [5.74, 6) is -0.294. The molecule has 0 saturated heterocycles. The SMILES string of the molecule is CCN(CC)c1ccc(NC(=O)c2cccc(OCC(=O)OC)c2)cc1. The maximum Gasteiger partial charge on any atom is 0.343 e. The zero-order valence-electron chi connectivity index (χ0n) is 15.3. The van der Waals surface area contributed by atoms with Crippen LogP contribution < -0.4 is 15.0 Å². The second kappa shape index (κ2) is 9.46. The van der Waals surface area contributed by atoms with Crippen LogP contribution >= 0.6 is 0 Å². The minimum atomic E-state index is -0.479. The molecule has 0 aliphatic carbocycles. The number of hydrogen-bond acceptors (Lipinski definition) is 5. The third-order valence-corrected chi connectivity index (χ3v) is 3.93. The number of carbonyl (C=O) groups excluding carboxylic acids is 2. The van der Waals surface area contributed by atoms with Gasteiger partial charge in [0.05, 0.1) is 7.11 Å². The van der Waals surface area contributed by atoms with Gasteiger partial charge >= 0.3 is 5.97 Å². The van der Waals surface area contributed by atoms with Crippen molar-refractivity contribution in [3.05, 3.63) is 54.1 Å². The molecule has 26 heavy (non-hydrogen) atoms. The zero-order valence-corrected chi connectivity index (χ0v) is 15.3. The number of benzene rings is 2. The summed E-state index contributed by atoms with van der Waals surface area (Å²) in [6, 6.07) is 14.4. The van der Waals surface area contributed by atoms with Crippen LogP contribution in [0.15, 0.2) is 48.5 Å². The normalized spacial score (nSPS) is 10.1. The molecule has 0 aliphatic rings. The number of nitrogens with zero attached hydrogens (tertiary/aromatic N) is 1. The van der Waals surface area contributed by atoms with Crippen LogP contribution in [0, 0.1) is 0 Å². The molecule has 0 aliphatic heterocycles. The smallest absolute Gasteiger partial charge is 0.343 e. The first-order valence-corrected chi connectivity index (χ1v) is 8.53. The molecule has 0 heterocycles. The fourth-order valence-corrected chi connectivity index (χ4v) is 2.48.